The van der Waals surface area contributed by atoms with Gasteiger partial charge in [-0.3, -0.25) is 13.9 Å². The summed E-state index contributed by atoms with van der Waals surface area (Å²) in [6.45, 7) is 3.05. The van der Waals surface area contributed by atoms with Gasteiger partial charge in [-0.2, -0.15) is 0 Å². The van der Waals surface area contributed by atoms with Gasteiger partial charge in [0.25, 0.3) is 0 Å². The van der Waals surface area contributed by atoms with Crippen LogP contribution in [-0.2, 0) is 26.2 Å². The molecule has 2 rings (SSSR count). The Bertz CT molecular complexity index is 1080. The second kappa shape index (κ2) is 11.6. The molecule has 10 heteroatoms. The van der Waals surface area contributed by atoms with E-state index in [2.05, 4.69) is 5.32 Å². The van der Waals surface area contributed by atoms with Gasteiger partial charge < -0.3 is 15.0 Å². The monoisotopic (exact) mass is 479 g/mol. The average molecular weight is 480 g/mol. The molecule has 0 aliphatic carbocycles. The molecule has 180 valence electrons. The Kier molecular flexibility index (Phi) is 9.22. The number of nitrogens with zero attached hydrogens (tertiary/aromatic N) is 2. The Morgan fingerprint density at radius 1 is 1.12 bits per heavy atom. The third-order valence-electron chi connectivity index (χ3n) is 5.05. The molecule has 0 saturated carbocycles. The first-order valence-corrected chi connectivity index (χ1v) is 12.4. The Labute approximate surface area is 194 Å². The lowest BCUT2D eigenvalue weighted by molar-refractivity contribution is -0.139. The number of sulfonamides is 1. The summed E-state index contributed by atoms with van der Waals surface area (Å²) in [7, 11) is -2.49. The second-order valence-corrected chi connectivity index (χ2v) is 9.43. The van der Waals surface area contributed by atoms with Gasteiger partial charge in [0.2, 0.25) is 21.8 Å². The predicted octanol–water partition coefficient (Wildman–Crippen LogP) is 2.54. The number of carbonyl (C=O) groups is 2. The van der Waals surface area contributed by atoms with Crippen LogP contribution >= 0.6 is 0 Å². The van der Waals surface area contributed by atoms with Gasteiger partial charge in [0.05, 0.1) is 19.1 Å². The van der Waals surface area contributed by atoms with E-state index in [0.29, 0.717) is 13.0 Å². The summed E-state index contributed by atoms with van der Waals surface area (Å²) >= 11 is 0. The molecule has 2 amide bonds. The van der Waals surface area contributed by atoms with Gasteiger partial charge in [-0.15, -0.1) is 0 Å². The van der Waals surface area contributed by atoms with Crippen molar-refractivity contribution in [3.63, 3.8) is 0 Å². The van der Waals surface area contributed by atoms with Crippen molar-refractivity contribution in [3.05, 3.63) is 59.9 Å². The molecule has 2 aromatic rings. The number of hydrogen-bond acceptors (Lipinski definition) is 5. The number of para-hydroxylation sites is 2. The van der Waals surface area contributed by atoms with Crippen LogP contribution < -0.4 is 14.4 Å². The van der Waals surface area contributed by atoms with Crippen molar-refractivity contribution in [1.29, 1.82) is 0 Å². The molecule has 1 unspecified atom stereocenters. The maximum Gasteiger partial charge on any atom is 0.244 e. The van der Waals surface area contributed by atoms with Crippen molar-refractivity contribution in [2.75, 3.05) is 30.8 Å². The Morgan fingerprint density at radius 2 is 1.76 bits per heavy atom. The highest BCUT2D eigenvalue weighted by atomic mass is 32.2. The molecule has 33 heavy (non-hydrogen) atoms. The lowest BCUT2D eigenvalue weighted by Gasteiger charge is -2.31. The predicted molar refractivity (Wildman–Crippen MR) is 125 cm³/mol. The largest absolute Gasteiger partial charge is 0.495 e. The first-order chi connectivity index (χ1) is 15.6. The van der Waals surface area contributed by atoms with Crippen molar-refractivity contribution in [2.24, 2.45) is 0 Å². The fraction of sp³-hybridized carbons (Fsp3) is 0.391. The van der Waals surface area contributed by atoms with E-state index in [1.807, 2.05) is 6.92 Å². The molecule has 0 heterocycles. The molecule has 0 radical (unpaired) electrons. The van der Waals surface area contributed by atoms with E-state index in [4.69, 9.17) is 4.74 Å². The van der Waals surface area contributed by atoms with Gasteiger partial charge in [0.1, 0.15) is 24.2 Å². The molecule has 1 N–H and O–H groups in total. The average Bonchev–Trinajstić information content (AvgIpc) is 2.79. The third kappa shape index (κ3) is 6.92. The van der Waals surface area contributed by atoms with E-state index in [9.17, 15) is 22.4 Å². The Balaban J connectivity index is 2.42. The van der Waals surface area contributed by atoms with Crippen molar-refractivity contribution < 1.29 is 27.1 Å². The Morgan fingerprint density at radius 3 is 2.36 bits per heavy atom. The molecule has 8 nitrogen and oxygen atoms in total. The lowest BCUT2D eigenvalue weighted by Crippen LogP contribution is -2.51. The molecule has 1 atom stereocenters. The molecule has 0 spiro atoms. The number of nitrogens with one attached hydrogen (secondary N) is 1. The van der Waals surface area contributed by atoms with Crippen LogP contribution in [0.4, 0.5) is 10.1 Å². The van der Waals surface area contributed by atoms with Crippen molar-refractivity contribution in [3.8, 4) is 5.75 Å². The smallest absolute Gasteiger partial charge is 0.244 e. The van der Waals surface area contributed by atoms with Crippen LogP contribution in [0.2, 0.25) is 0 Å². The third-order valence-corrected chi connectivity index (χ3v) is 6.17. The van der Waals surface area contributed by atoms with Crippen LogP contribution in [0.25, 0.3) is 0 Å². The number of benzene rings is 2. The highest BCUT2D eigenvalue weighted by Crippen LogP contribution is 2.29. The number of halogens is 1. The van der Waals surface area contributed by atoms with E-state index in [1.54, 1.807) is 24.3 Å². The zero-order valence-corrected chi connectivity index (χ0v) is 20.1. The minimum atomic E-state index is -3.89. The number of anilines is 1. The maximum atomic E-state index is 14.3. The summed E-state index contributed by atoms with van der Waals surface area (Å²) in [6, 6.07) is 11.4. The van der Waals surface area contributed by atoms with Gasteiger partial charge in [-0.25, -0.2) is 12.8 Å². The SMILES string of the molecule is CCCNC(=O)C(C)N(Cc1ccccc1F)C(=O)CN(c1ccccc1OC)S(C)(=O)=O. The summed E-state index contributed by atoms with van der Waals surface area (Å²) < 4.78 is 45.7. The van der Waals surface area contributed by atoms with Gasteiger partial charge in [-0.1, -0.05) is 37.3 Å². The van der Waals surface area contributed by atoms with Crippen molar-refractivity contribution in [2.45, 2.75) is 32.9 Å². The summed E-state index contributed by atoms with van der Waals surface area (Å²) in [4.78, 5) is 27.2. The molecule has 0 saturated heterocycles. The van der Waals surface area contributed by atoms with E-state index in [1.165, 1.54) is 43.2 Å². The van der Waals surface area contributed by atoms with Crippen LogP contribution in [0.1, 0.15) is 25.8 Å². The van der Waals surface area contributed by atoms with E-state index < -0.39 is 40.2 Å². The quantitative estimate of drug-likeness (QED) is 0.534. The minimum Gasteiger partial charge on any atom is -0.495 e. The first-order valence-electron chi connectivity index (χ1n) is 10.5. The van der Waals surface area contributed by atoms with Crippen LogP contribution in [0.3, 0.4) is 0 Å². The van der Waals surface area contributed by atoms with Crippen molar-refractivity contribution in [1.82, 2.24) is 10.2 Å². The second-order valence-electron chi connectivity index (χ2n) is 7.52. The van der Waals surface area contributed by atoms with Gasteiger partial charge >= 0.3 is 0 Å². The van der Waals surface area contributed by atoms with Crippen LogP contribution in [-0.4, -0.2) is 57.6 Å². The minimum absolute atomic E-state index is 0.185. The number of carbonyl (C=O) groups excluding carboxylic acids is 2. The maximum absolute atomic E-state index is 14.3. The molecule has 0 bridgehead atoms. The van der Waals surface area contributed by atoms with Crippen LogP contribution in [0.5, 0.6) is 5.75 Å². The number of rotatable bonds is 11. The van der Waals surface area contributed by atoms with Crippen LogP contribution in [0, 0.1) is 5.82 Å². The number of amides is 2. The van der Waals surface area contributed by atoms with Gasteiger partial charge in [0.15, 0.2) is 0 Å². The number of methoxy groups -OCH3 is 1. The molecular weight excluding hydrogens is 449 g/mol. The highest BCUT2D eigenvalue weighted by Gasteiger charge is 2.31. The fourth-order valence-corrected chi connectivity index (χ4v) is 4.07. The molecule has 0 aliphatic rings. The lowest BCUT2D eigenvalue weighted by atomic mass is 10.1. The molecular formula is C23H30FN3O5S. The normalized spacial score (nSPS) is 12.0. The molecule has 0 fully saturated rings. The van der Waals surface area contributed by atoms with Gasteiger partial charge in [-0.05, 0) is 31.5 Å². The fourth-order valence-electron chi connectivity index (χ4n) is 3.22. The Hall–Kier alpha value is -3.14. The zero-order valence-electron chi connectivity index (χ0n) is 19.2. The number of hydrogen-bond donors (Lipinski definition) is 1. The topological polar surface area (TPSA) is 96.0 Å². The number of ether oxygens (including phenoxy) is 1. The van der Waals surface area contributed by atoms with E-state index >= 15 is 0 Å². The molecule has 0 aliphatic heterocycles. The standard InChI is InChI=1S/C23H30FN3O5S/c1-5-14-25-23(29)17(2)26(15-18-10-6-7-11-19(18)24)22(28)16-27(33(4,30)31)20-12-8-9-13-21(20)32-3/h6-13,17H,5,14-16H2,1-4H3,(H,25,29). The van der Waals surface area contributed by atoms with Crippen LogP contribution in [0.15, 0.2) is 48.5 Å². The summed E-state index contributed by atoms with van der Waals surface area (Å²) in [6.07, 6.45) is 1.68. The van der Waals surface area contributed by atoms with Gasteiger partial charge in [0, 0.05) is 18.7 Å². The summed E-state index contributed by atoms with van der Waals surface area (Å²) in [5.74, 6) is -1.33. The van der Waals surface area contributed by atoms with Crippen molar-refractivity contribution >= 4 is 27.5 Å². The van der Waals surface area contributed by atoms with E-state index in [0.717, 1.165) is 10.6 Å². The zero-order chi connectivity index (χ0) is 24.6. The first kappa shape index (κ1) is 26.1. The van der Waals surface area contributed by atoms with E-state index in [-0.39, 0.29) is 23.5 Å². The molecule has 0 aromatic heterocycles. The highest BCUT2D eigenvalue weighted by molar-refractivity contribution is 7.92. The molecule has 2 aromatic carbocycles. The summed E-state index contributed by atoms with van der Waals surface area (Å²) in [5, 5.41) is 2.72. The summed E-state index contributed by atoms with van der Waals surface area (Å²) in [5.41, 5.74) is 0.397.